The minimum Gasteiger partial charge on any atom is -0.309 e. The van der Waals surface area contributed by atoms with Crippen molar-refractivity contribution in [1.29, 1.82) is 0 Å². The predicted octanol–water partition coefficient (Wildman–Crippen LogP) is 4.58. The van der Waals surface area contributed by atoms with Crippen molar-refractivity contribution in [2.24, 2.45) is 0 Å². The van der Waals surface area contributed by atoms with E-state index >= 15 is 0 Å². The standard InChI is InChI=1S/C24H30N4/c1-2-6-23-26-22-9-5-14-25-24(22)28(23)20-12-15-27(16-13-20)21-11-10-18-7-3-4-8-19(18)17-21/h3-5,7-9,14,20-21H,2,6,10-13,15-17H2,1H3/t21-/m1/s1. The highest BCUT2D eigenvalue weighted by Crippen LogP contribution is 2.32. The maximum atomic E-state index is 4.90. The molecule has 3 aromatic rings. The van der Waals surface area contributed by atoms with Crippen LogP contribution in [0.2, 0.25) is 0 Å². The van der Waals surface area contributed by atoms with Crippen molar-refractivity contribution in [3.05, 3.63) is 59.5 Å². The summed E-state index contributed by atoms with van der Waals surface area (Å²) < 4.78 is 2.46. The Morgan fingerprint density at radius 3 is 2.61 bits per heavy atom. The van der Waals surface area contributed by atoms with Gasteiger partial charge in [0.1, 0.15) is 11.3 Å². The van der Waals surface area contributed by atoms with E-state index in [0.29, 0.717) is 12.1 Å². The van der Waals surface area contributed by atoms with Crippen molar-refractivity contribution in [3.63, 3.8) is 0 Å². The molecule has 1 fully saturated rings. The number of piperidine rings is 1. The highest BCUT2D eigenvalue weighted by atomic mass is 15.2. The van der Waals surface area contributed by atoms with Crippen LogP contribution < -0.4 is 0 Å². The lowest BCUT2D eigenvalue weighted by atomic mass is 9.86. The van der Waals surface area contributed by atoms with Crippen LogP contribution in [0.25, 0.3) is 11.2 Å². The van der Waals surface area contributed by atoms with Crippen LogP contribution in [-0.4, -0.2) is 38.6 Å². The van der Waals surface area contributed by atoms with Gasteiger partial charge in [-0.2, -0.15) is 0 Å². The van der Waals surface area contributed by atoms with Gasteiger partial charge in [0, 0.05) is 37.8 Å². The van der Waals surface area contributed by atoms with Gasteiger partial charge in [-0.3, -0.25) is 4.90 Å². The first kappa shape index (κ1) is 17.9. The largest absolute Gasteiger partial charge is 0.309 e. The van der Waals surface area contributed by atoms with E-state index in [1.165, 1.54) is 51.0 Å². The molecule has 0 bridgehead atoms. The Bertz CT molecular complexity index is 952. The van der Waals surface area contributed by atoms with Crippen LogP contribution in [0.5, 0.6) is 0 Å². The molecule has 0 saturated carbocycles. The number of hydrogen-bond acceptors (Lipinski definition) is 3. The zero-order valence-corrected chi connectivity index (χ0v) is 16.8. The van der Waals surface area contributed by atoms with Crippen LogP contribution in [0.1, 0.15) is 55.6 Å². The lowest BCUT2D eigenvalue weighted by molar-refractivity contribution is 0.124. The number of benzene rings is 1. The highest BCUT2D eigenvalue weighted by molar-refractivity contribution is 5.71. The Kier molecular flexibility index (Phi) is 4.89. The van der Waals surface area contributed by atoms with Gasteiger partial charge in [0.05, 0.1) is 0 Å². The van der Waals surface area contributed by atoms with E-state index in [1.807, 2.05) is 12.3 Å². The Hall–Kier alpha value is -2.20. The first-order valence-electron chi connectivity index (χ1n) is 11.0. The van der Waals surface area contributed by atoms with Crippen molar-refractivity contribution >= 4 is 11.2 Å². The van der Waals surface area contributed by atoms with Gasteiger partial charge in [0.2, 0.25) is 0 Å². The fourth-order valence-corrected chi connectivity index (χ4v) is 5.26. The molecule has 0 radical (unpaired) electrons. The number of aromatic nitrogens is 3. The van der Waals surface area contributed by atoms with Crippen molar-refractivity contribution < 1.29 is 0 Å². The van der Waals surface area contributed by atoms with Gasteiger partial charge in [-0.25, -0.2) is 9.97 Å². The molecule has 0 spiro atoms. The lowest BCUT2D eigenvalue weighted by Gasteiger charge is -2.40. The van der Waals surface area contributed by atoms with Crippen LogP contribution >= 0.6 is 0 Å². The molecule has 1 atom stereocenters. The number of fused-ring (bicyclic) bond motifs is 2. The molecule has 2 aromatic heterocycles. The average molecular weight is 375 g/mol. The molecule has 1 aliphatic carbocycles. The number of pyridine rings is 1. The summed E-state index contributed by atoms with van der Waals surface area (Å²) in [7, 11) is 0. The number of likely N-dealkylation sites (tertiary alicyclic amines) is 1. The molecule has 28 heavy (non-hydrogen) atoms. The molecule has 4 nitrogen and oxygen atoms in total. The quantitative estimate of drug-likeness (QED) is 0.670. The molecular weight excluding hydrogens is 344 g/mol. The van der Waals surface area contributed by atoms with Gasteiger partial charge in [-0.15, -0.1) is 0 Å². The Morgan fingerprint density at radius 1 is 0.964 bits per heavy atom. The minimum absolute atomic E-state index is 0.536. The number of rotatable bonds is 4. The van der Waals surface area contributed by atoms with Crippen LogP contribution in [0.3, 0.4) is 0 Å². The third kappa shape index (κ3) is 3.24. The second kappa shape index (κ2) is 7.67. The van der Waals surface area contributed by atoms with E-state index in [1.54, 1.807) is 11.1 Å². The summed E-state index contributed by atoms with van der Waals surface area (Å²) in [5.74, 6) is 1.22. The van der Waals surface area contributed by atoms with Crippen LogP contribution in [0, 0.1) is 0 Å². The van der Waals surface area contributed by atoms with Gasteiger partial charge in [-0.1, -0.05) is 31.2 Å². The maximum absolute atomic E-state index is 4.90. The number of imidazole rings is 1. The average Bonchev–Trinajstić information content (AvgIpc) is 3.12. The SMILES string of the molecule is CCCc1nc2cccnc2n1C1CCN([C@@H]2CCc3ccccc3C2)CC1. The zero-order chi connectivity index (χ0) is 18.9. The van der Waals surface area contributed by atoms with Gasteiger partial charge in [0.25, 0.3) is 0 Å². The van der Waals surface area contributed by atoms with Crippen LogP contribution in [0.4, 0.5) is 0 Å². The molecule has 5 rings (SSSR count). The zero-order valence-electron chi connectivity index (χ0n) is 16.8. The number of nitrogens with zero attached hydrogens (tertiary/aromatic N) is 4. The first-order chi connectivity index (χ1) is 13.8. The summed E-state index contributed by atoms with van der Waals surface area (Å²) in [6.45, 7) is 4.62. The van der Waals surface area contributed by atoms with E-state index in [0.717, 1.165) is 24.0 Å². The second-order valence-corrected chi connectivity index (χ2v) is 8.43. The van der Waals surface area contributed by atoms with E-state index in [-0.39, 0.29) is 0 Å². The molecule has 3 heterocycles. The van der Waals surface area contributed by atoms with E-state index < -0.39 is 0 Å². The molecule has 4 heteroatoms. The predicted molar refractivity (Wildman–Crippen MR) is 114 cm³/mol. The summed E-state index contributed by atoms with van der Waals surface area (Å²) in [5, 5.41) is 0. The van der Waals surface area contributed by atoms with E-state index in [4.69, 9.17) is 4.98 Å². The van der Waals surface area contributed by atoms with Gasteiger partial charge in [0.15, 0.2) is 5.65 Å². The monoisotopic (exact) mass is 374 g/mol. The third-order valence-corrected chi connectivity index (χ3v) is 6.70. The maximum Gasteiger partial charge on any atom is 0.160 e. The van der Waals surface area contributed by atoms with Crippen LogP contribution in [0.15, 0.2) is 42.6 Å². The number of hydrogen-bond donors (Lipinski definition) is 0. The second-order valence-electron chi connectivity index (χ2n) is 8.43. The summed E-state index contributed by atoms with van der Waals surface area (Å²) in [6.07, 6.45) is 10.2. The molecule has 146 valence electrons. The molecule has 1 aliphatic heterocycles. The molecule has 1 saturated heterocycles. The highest BCUT2D eigenvalue weighted by Gasteiger charge is 2.30. The Labute approximate surface area is 167 Å². The summed E-state index contributed by atoms with van der Waals surface area (Å²) in [5.41, 5.74) is 5.26. The van der Waals surface area contributed by atoms with Gasteiger partial charge in [-0.05, 0) is 61.8 Å². The van der Waals surface area contributed by atoms with Crippen molar-refractivity contribution in [2.75, 3.05) is 13.1 Å². The van der Waals surface area contributed by atoms with Crippen LogP contribution in [-0.2, 0) is 19.3 Å². The fraction of sp³-hybridized carbons (Fsp3) is 0.500. The molecule has 0 amide bonds. The minimum atomic E-state index is 0.536. The first-order valence-corrected chi connectivity index (χ1v) is 11.0. The van der Waals surface area contributed by atoms with E-state index in [2.05, 4.69) is 51.7 Å². The van der Waals surface area contributed by atoms with Gasteiger partial charge >= 0.3 is 0 Å². The number of aryl methyl sites for hydroxylation is 2. The lowest BCUT2D eigenvalue weighted by Crippen LogP contribution is -2.44. The molecular formula is C24H30N4. The summed E-state index contributed by atoms with van der Waals surface area (Å²) >= 11 is 0. The van der Waals surface area contributed by atoms with Crippen molar-refractivity contribution in [1.82, 2.24) is 19.4 Å². The fourth-order valence-electron chi connectivity index (χ4n) is 5.26. The smallest absolute Gasteiger partial charge is 0.160 e. The normalized spacial score (nSPS) is 21.1. The van der Waals surface area contributed by atoms with Crippen molar-refractivity contribution in [2.45, 2.75) is 64.0 Å². The summed E-state index contributed by atoms with van der Waals surface area (Å²) in [4.78, 5) is 12.3. The topological polar surface area (TPSA) is 34.0 Å². The van der Waals surface area contributed by atoms with Gasteiger partial charge < -0.3 is 4.57 Å². The Morgan fingerprint density at radius 2 is 1.79 bits per heavy atom. The molecule has 1 aromatic carbocycles. The molecule has 2 aliphatic rings. The summed E-state index contributed by atoms with van der Waals surface area (Å²) in [6, 6.07) is 14.4. The molecule has 0 unspecified atom stereocenters. The van der Waals surface area contributed by atoms with Crippen molar-refractivity contribution in [3.8, 4) is 0 Å². The Balaban J connectivity index is 1.32. The third-order valence-electron chi connectivity index (χ3n) is 6.70. The molecule has 0 N–H and O–H groups in total. The van der Waals surface area contributed by atoms with E-state index in [9.17, 15) is 0 Å².